The largest absolute Gasteiger partial charge is 0.353 e. The quantitative estimate of drug-likeness (QED) is 0.921. The molecule has 1 aliphatic carbocycles. The lowest BCUT2D eigenvalue weighted by atomic mass is 9.93. The number of hydrogen-bond acceptors (Lipinski definition) is 3. The molecule has 21 heavy (non-hydrogen) atoms. The Bertz CT molecular complexity index is 653. The first-order valence-corrected chi connectivity index (χ1v) is 9.01. The fourth-order valence-corrected chi connectivity index (χ4v) is 4.44. The van der Waals surface area contributed by atoms with Crippen molar-refractivity contribution in [3.8, 4) is 0 Å². The summed E-state index contributed by atoms with van der Waals surface area (Å²) in [5.74, 6) is -0.289. The maximum absolute atomic E-state index is 13.9. The predicted molar refractivity (Wildman–Crippen MR) is 77.1 cm³/mol. The Hall–Kier alpha value is -1.43. The zero-order valence-corrected chi connectivity index (χ0v) is 12.5. The third kappa shape index (κ3) is 2.81. The third-order valence-corrected chi connectivity index (χ3v) is 6.18. The van der Waals surface area contributed by atoms with Crippen LogP contribution >= 0.6 is 0 Å². The standard InChI is InChI=1S/C15H18FNO3S/c16-13-4-2-1-3-12(13)15(7-8-15)14(18)17-11-5-9-21(19,20)10-6-11/h1-4,11H,5-10H2,(H,17,18). The lowest BCUT2D eigenvalue weighted by Gasteiger charge is -2.26. The fourth-order valence-electron chi connectivity index (χ4n) is 2.95. The van der Waals surface area contributed by atoms with Gasteiger partial charge in [0.2, 0.25) is 5.91 Å². The molecule has 1 aliphatic heterocycles. The van der Waals surface area contributed by atoms with Crippen LogP contribution in [0.15, 0.2) is 24.3 Å². The summed E-state index contributed by atoms with van der Waals surface area (Å²) in [7, 11) is -2.94. The SMILES string of the molecule is O=C(NC1CCS(=O)(=O)CC1)C1(c2ccccc2F)CC1. The molecule has 114 valence electrons. The van der Waals surface area contributed by atoms with E-state index in [1.165, 1.54) is 6.07 Å². The molecule has 0 unspecified atom stereocenters. The van der Waals surface area contributed by atoms with E-state index in [1.54, 1.807) is 18.2 Å². The van der Waals surface area contributed by atoms with Gasteiger partial charge in [0.1, 0.15) is 15.7 Å². The average molecular weight is 311 g/mol. The van der Waals surface area contributed by atoms with E-state index in [2.05, 4.69) is 5.32 Å². The first kappa shape index (κ1) is 14.5. The van der Waals surface area contributed by atoms with E-state index < -0.39 is 15.3 Å². The Labute approximate surface area is 123 Å². The summed E-state index contributed by atoms with van der Waals surface area (Å²) in [6.07, 6.45) is 2.18. The van der Waals surface area contributed by atoms with Gasteiger partial charge in [0.25, 0.3) is 0 Å². The van der Waals surface area contributed by atoms with Gasteiger partial charge in [0.05, 0.1) is 16.9 Å². The van der Waals surface area contributed by atoms with Gasteiger partial charge in [-0.1, -0.05) is 18.2 Å². The zero-order valence-electron chi connectivity index (χ0n) is 11.6. The third-order valence-electron chi connectivity index (χ3n) is 4.46. The maximum Gasteiger partial charge on any atom is 0.230 e. The van der Waals surface area contributed by atoms with Crippen LogP contribution in [0, 0.1) is 5.82 Å². The second kappa shape index (κ2) is 5.09. The Morgan fingerprint density at radius 3 is 2.38 bits per heavy atom. The number of rotatable bonds is 3. The van der Waals surface area contributed by atoms with Gasteiger partial charge < -0.3 is 5.32 Å². The van der Waals surface area contributed by atoms with Crippen LogP contribution in [0.4, 0.5) is 4.39 Å². The van der Waals surface area contributed by atoms with Crippen molar-refractivity contribution in [1.29, 1.82) is 0 Å². The number of halogens is 1. The van der Waals surface area contributed by atoms with Crippen molar-refractivity contribution < 1.29 is 17.6 Å². The molecule has 0 spiro atoms. The number of sulfone groups is 1. The van der Waals surface area contributed by atoms with Gasteiger partial charge in [-0.2, -0.15) is 0 Å². The van der Waals surface area contributed by atoms with Crippen molar-refractivity contribution in [3.63, 3.8) is 0 Å². The van der Waals surface area contributed by atoms with Crippen LogP contribution < -0.4 is 5.32 Å². The molecule has 0 bridgehead atoms. The summed E-state index contributed by atoms with van der Waals surface area (Å²) >= 11 is 0. The second-order valence-corrected chi connectivity index (χ2v) is 8.27. The molecule has 1 amide bonds. The maximum atomic E-state index is 13.9. The lowest BCUT2D eigenvalue weighted by molar-refractivity contribution is -0.124. The molecule has 2 aliphatic rings. The van der Waals surface area contributed by atoms with E-state index in [0.717, 1.165) is 0 Å². The van der Waals surface area contributed by atoms with Gasteiger partial charge in [-0.3, -0.25) is 4.79 Å². The van der Waals surface area contributed by atoms with E-state index in [0.29, 0.717) is 31.2 Å². The number of carbonyl (C=O) groups excluding carboxylic acids is 1. The minimum atomic E-state index is -2.94. The Kier molecular flexibility index (Phi) is 3.51. The summed E-state index contributed by atoms with van der Waals surface area (Å²) in [6.45, 7) is 0. The minimum absolute atomic E-state index is 0.116. The normalized spacial score (nSPS) is 23.5. The van der Waals surface area contributed by atoms with Gasteiger partial charge >= 0.3 is 0 Å². The van der Waals surface area contributed by atoms with Gasteiger partial charge in [-0.15, -0.1) is 0 Å². The molecule has 0 aromatic heterocycles. The van der Waals surface area contributed by atoms with Gasteiger partial charge in [0, 0.05) is 11.6 Å². The van der Waals surface area contributed by atoms with Gasteiger partial charge in [0.15, 0.2) is 0 Å². The van der Waals surface area contributed by atoms with E-state index in [-0.39, 0.29) is 29.3 Å². The molecule has 1 aromatic rings. The van der Waals surface area contributed by atoms with Crippen LogP contribution in [0.25, 0.3) is 0 Å². The van der Waals surface area contributed by atoms with Crippen molar-refractivity contribution >= 4 is 15.7 Å². The van der Waals surface area contributed by atoms with Crippen molar-refractivity contribution in [3.05, 3.63) is 35.6 Å². The summed E-state index contributed by atoms with van der Waals surface area (Å²) in [5, 5.41) is 2.92. The average Bonchev–Trinajstić information content (AvgIpc) is 3.23. The van der Waals surface area contributed by atoms with Crippen LogP contribution in [-0.2, 0) is 20.0 Å². The first-order chi connectivity index (χ1) is 9.93. The number of carbonyl (C=O) groups is 1. The van der Waals surface area contributed by atoms with Crippen molar-refractivity contribution in [2.24, 2.45) is 0 Å². The fraction of sp³-hybridized carbons (Fsp3) is 0.533. The van der Waals surface area contributed by atoms with Gasteiger partial charge in [-0.25, -0.2) is 12.8 Å². The topological polar surface area (TPSA) is 63.2 Å². The number of amides is 1. The smallest absolute Gasteiger partial charge is 0.230 e. The summed E-state index contributed by atoms with van der Waals surface area (Å²) < 4.78 is 36.7. The zero-order chi connectivity index (χ0) is 15.1. The van der Waals surface area contributed by atoms with E-state index in [4.69, 9.17) is 0 Å². The van der Waals surface area contributed by atoms with E-state index in [9.17, 15) is 17.6 Å². The minimum Gasteiger partial charge on any atom is -0.353 e. The molecule has 6 heteroatoms. The highest BCUT2D eigenvalue weighted by Crippen LogP contribution is 2.49. The summed E-state index contributed by atoms with van der Waals surface area (Å²) in [4.78, 5) is 12.5. The molecule has 4 nitrogen and oxygen atoms in total. The Morgan fingerprint density at radius 1 is 1.19 bits per heavy atom. The van der Waals surface area contributed by atoms with Crippen molar-refractivity contribution in [2.45, 2.75) is 37.1 Å². The second-order valence-electron chi connectivity index (χ2n) is 5.96. The molecule has 1 aromatic carbocycles. The Morgan fingerprint density at radius 2 is 1.81 bits per heavy atom. The lowest BCUT2D eigenvalue weighted by Crippen LogP contribution is -2.45. The summed E-state index contributed by atoms with van der Waals surface area (Å²) in [6, 6.07) is 6.26. The molecule has 2 fully saturated rings. The van der Waals surface area contributed by atoms with E-state index in [1.807, 2.05) is 0 Å². The van der Waals surface area contributed by atoms with Crippen molar-refractivity contribution in [2.75, 3.05) is 11.5 Å². The molecule has 0 atom stereocenters. The highest BCUT2D eigenvalue weighted by Gasteiger charge is 2.53. The number of benzene rings is 1. The van der Waals surface area contributed by atoms with E-state index >= 15 is 0 Å². The Balaban J connectivity index is 1.70. The number of nitrogens with one attached hydrogen (secondary N) is 1. The summed E-state index contributed by atoms with van der Waals surface area (Å²) in [5.41, 5.74) is -0.298. The predicted octanol–water partition coefficient (Wildman–Crippen LogP) is 1.55. The van der Waals surface area contributed by atoms with Gasteiger partial charge in [-0.05, 0) is 31.7 Å². The van der Waals surface area contributed by atoms with Crippen LogP contribution in [-0.4, -0.2) is 31.9 Å². The number of hydrogen-bond donors (Lipinski definition) is 1. The van der Waals surface area contributed by atoms with Crippen molar-refractivity contribution in [1.82, 2.24) is 5.32 Å². The molecular weight excluding hydrogens is 293 g/mol. The van der Waals surface area contributed by atoms with Crippen LogP contribution in [0.1, 0.15) is 31.2 Å². The molecule has 1 N–H and O–H groups in total. The molecule has 1 saturated carbocycles. The van der Waals surface area contributed by atoms with Crippen LogP contribution in [0.2, 0.25) is 0 Å². The highest BCUT2D eigenvalue weighted by atomic mass is 32.2. The van der Waals surface area contributed by atoms with Crippen LogP contribution in [0.5, 0.6) is 0 Å². The molecule has 1 saturated heterocycles. The first-order valence-electron chi connectivity index (χ1n) is 7.19. The van der Waals surface area contributed by atoms with Crippen LogP contribution in [0.3, 0.4) is 0 Å². The molecule has 3 rings (SSSR count). The molecule has 1 heterocycles. The monoisotopic (exact) mass is 311 g/mol. The molecular formula is C15H18FNO3S. The molecule has 0 radical (unpaired) electrons. The highest BCUT2D eigenvalue weighted by molar-refractivity contribution is 7.91.